The molecule has 2 aromatic heterocycles. The average Bonchev–Trinajstić information content (AvgIpc) is 3.30. The normalized spacial score (nSPS) is 12.8. The molecule has 0 bridgehead atoms. The molecular weight excluding hydrogens is 524 g/mol. The van der Waals surface area contributed by atoms with Gasteiger partial charge in [0.25, 0.3) is 0 Å². The predicted molar refractivity (Wildman–Crippen MR) is 177 cm³/mol. The first-order valence-corrected chi connectivity index (χ1v) is 14.3. The lowest BCUT2D eigenvalue weighted by Gasteiger charge is -2.22. The zero-order valence-electron chi connectivity index (χ0n) is 24.3. The fourth-order valence-electron chi connectivity index (χ4n) is 5.89. The van der Waals surface area contributed by atoms with Crippen molar-refractivity contribution in [3.8, 4) is 56.2 Å². The Balaban J connectivity index is 1.16. The van der Waals surface area contributed by atoms with Crippen molar-refractivity contribution in [1.29, 1.82) is 0 Å². The van der Waals surface area contributed by atoms with E-state index in [1.807, 2.05) is 85.5 Å². The van der Waals surface area contributed by atoms with Crippen LogP contribution in [0.3, 0.4) is 0 Å². The highest BCUT2D eigenvalue weighted by molar-refractivity contribution is 5.85. The van der Waals surface area contributed by atoms with E-state index in [0.29, 0.717) is 11.6 Å². The van der Waals surface area contributed by atoms with Crippen LogP contribution in [0.15, 0.2) is 123 Å². The van der Waals surface area contributed by atoms with Gasteiger partial charge in [0.15, 0.2) is 11.6 Å². The van der Waals surface area contributed by atoms with Crippen molar-refractivity contribution in [1.82, 2.24) is 19.9 Å². The Kier molecular flexibility index (Phi) is 6.40. The van der Waals surface area contributed by atoms with Crippen molar-refractivity contribution in [2.45, 2.75) is 19.3 Å². The second-order valence-corrected chi connectivity index (χ2v) is 11.4. The molecule has 4 nitrogen and oxygen atoms in total. The maximum atomic E-state index is 4.68. The molecule has 0 spiro atoms. The number of aromatic nitrogens is 4. The van der Waals surface area contributed by atoms with Crippen LogP contribution in [-0.4, -0.2) is 19.9 Å². The Morgan fingerprint density at radius 2 is 0.814 bits per heavy atom. The van der Waals surface area contributed by atoms with Crippen molar-refractivity contribution in [3.05, 3.63) is 145 Å². The molecule has 4 heteroatoms. The summed E-state index contributed by atoms with van der Waals surface area (Å²) in [6.07, 6.45) is 11.3. The molecule has 43 heavy (non-hydrogen) atoms. The lowest BCUT2D eigenvalue weighted by atomic mass is 9.81. The quantitative estimate of drug-likeness (QED) is 0.206. The first kappa shape index (κ1) is 26.4. The summed E-state index contributed by atoms with van der Waals surface area (Å²) in [5.74, 6) is 1.42. The minimum absolute atomic E-state index is 0.169. The Morgan fingerprint density at radius 1 is 0.465 bits per heavy atom. The number of fused-ring (bicyclic) bond motifs is 3. The minimum Gasteiger partial charge on any atom is -0.236 e. The van der Waals surface area contributed by atoms with Gasteiger partial charge in [0.2, 0.25) is 0 Å². The van der Waals surface area contributed by atoms with E-state index in [4.69, 9.17) is 0 Å². The fourth-order valence-corrected chi connectivity index (χ4v) is 5.89. The Morgan fingerprint density at radius 3 is 1.16 bits per heavy atom. The maximum Gasteiger partial charge on any atom is 0.159 e. The number of nitrogens with zero attached hydrogens (tertiary/aromatic N) is 4. The van der Waals surface area contributed by atoms with Crippen LogP contribution in [0.2, 0.25) is 0 Å². The molecule has 1 aliphatic carbocycles. The van der Waals surface area contributed by atoms with E-state index < -0.39 is 0 Å². The van der Waals surface area contributed by atoms with Crippen molar-refractivity contribution >= 4 is 12.2 Å². The van der Waals surface area contributed by atoms with Crippen LogP contribution in [0.4, 0.5) is 0 Å². The van der Waals surface area contributed by atoms with Crippen LogP contribution in [0.5, 0.6) is 0 Å². The largest absolute Gasteiger partial charge is 0.236 e. The van der Waals surface area contributed by atoms with Crippen LogP contribution in [0.1, 0.15) is 36.1 Å². The second kappa shape index (κ2) is 10.4. The van der Waals surface area contributed by atoms with Gasteiger partial charge in [-0.3, -0.25) is 0 Å². The SMILES string of the molecule is C=Cc1ccc(-c2ncc(-c3ccc4c(c3)C(C)(C)c3cc(-c5cnc(-c6ccc(C=C)cc6)nc5)ccc3-4)cn2)cc1. The lowest BCUT2D eigenvalue weighted by molar-refractivity contribution is 0.661. The van der Waals surface area contributed by atoms with Crippen LogP contribution < -0.4 is 0 Å². The highest BCUT2D eigenvalue weighted by Crippen LogP contribution is 2.50. The zero-order chi connectivity index (χ0) is 29.6. The molecule has 0 fully saturated rings. The van der Waals surface area contributed by atoms with E-state index in [-0.39, 0.29) is 5.41 Å². The van der Waals surface area contributed by atoms with E-state index >= 15 is 0 Å². The van der Waals surface area contributed by atoms with Gasteiger partial charge in [-0.2, -0.15) is 0 Å². The molecule has 1 aliphatic rings. The molecule has 2 heterocycles. The fraction of sp³-hybridized carbons (Fsp3) is 0.0769. The summed E-state index contributed by atoms with van der Waals surface area (Å²) in [4.78, 5) is 18.7. The highest BCUT2D eigenvalue weighted by Gasteiger charge is 2.36. The third-order valence-corrected chi connectivity index (χ3v) is 8.46. The topological polar surface area (TPSA) is 51.6 Å². The summed E-state index contributed by atoms with van der Waals surface area (Å²) >= 11 is 0. The van der Waals surface area contributed by atoms with Gasteiger partial charge in [-0.05, 0) is 56.6 Å². The van der Waals surface area contributed by atoms with Crippen molar-refractivity contribution in [3.63, 3.8) is 0 Å². The van der Waals surface area contributed by atoms with Gasteiger partial charge in [-0.1, -0.05) is 112 Å². The van der Waals surface area contributed by atoms with Crippen LogP contribution >= 0.6 is 0 Å². The van der Waals surface area contributed by atoms with Gasteiger partial charge in [-0.25, -0.2) is 19.9 Å². The van der Waals surface area contributed by atoms with Crippen LogP contribution in [0, 0.1) is 0 Å². The molecule has 0 amide bonds. The predicted octanol–water partition coefficient (Wildman–Crippen LogP) is 9.53. The first-order valence-electron chi connectivity index (χ1n) is 14.3. The van der Waals surface area contributed by atoms with Crippen LogP contribution in [-0.2, 0) is 5.41 Å². The molecule has 4 aromatic carbocycles. The molecule has 206 valence electrons. The van der Waals surface area contributed by atoms with Crippen molar-refractivity contribution in [2.24, 2.45) is 0 Å². The van der Waals surface area contributed by atoms with E-state index in [9.17, 15) is 0 Å². The van der Waals surface area contributed by atoms with Gasteiger partial charge in [0.05, 0.1) is 0 Å². The minimum atomic E-state index is -0.169. The summed E-state index contributed by atoms with van der Waals surface area (Å²) in [6.45, 7) is 12.2. The van der Waals surface area contributed by atoms with Crippen LogP contribution in [0.25, 0.3) is 68.3 Å². The number of hydrogen-bond acceptors (Lipinski definition) is 4. The number of benzene rings is 4. The third-order valence-electron chi connectivity index (χ3n) is 8.46. The van der Waals surface area contributed by atoms with Crippen molar-refractivity contribution in [2.75, 3.05) is 0 Å². The summed E-state index contributed by atoms with van der Waals surface area (Å²) < 4.78 is 0. The standard InChI is InChI=1S/C39H30N4/c1-5-25-7-11-27(12-8-25)37-40-21-31(22-41-37)29-15-17-33-34-18-16-30(20-36(34)39(3,4)35(33)19-29)32-23-42-38(43-24-32)28-13-9-26(6-2)10-14-28/h5-24H,1-2H2,3-4H3. The maximum absolute atomic E-state index is 4.68. The summed E-state index contributed by atoms with van der Waals surface area (Å²) in [5, 5.41) is 0. The molecule has 7 rings (SSSR count). The van der Waals surface area contributed by atoms with E-state index in [1.165, 1.54) is 22.3 Å². The lowest BCUT2D eigenvalue weighted by Crippen LogP contribution is -2.15. The summed E-state index contributed by atoms with van der Waals surface area (Å²) in [6, 6.07) is 29.6. The van der Waals surface area contributed by atoms with Gasteiger partial charge < -0.3 is 0 Å². The molecule has 6 aromatic rings. The molecule has 0 saturated carbocycles. The van der Waals surface area contributed by atoms with E-state index in [0.717, 1.165) is 44.5 Å². The van der Waals surface area contributed by atoms with Crippen molar-refractivity contribution < 1.29 is 0 Å². The van der Waals surface area contributed by atoms with Gasteiger partial charge >= 0.3 is 0 Å². The molecule has 0 saturated heterocycles. The molecule has 0 unspecified atom stereocenters. The average molecular weight is 555 g/mol. The molecular formula is C39H30N4. The van der Waals surface area contributed by atoms with Gasteiger partial charge in [0, 0.05) is 52.5 Å². The number of hydrogen-bond donors (Lipinski definition) is 0. The number of rotatable bonds is 6. The smallest absolute Gasteiger partial charge is 0.159 e. The van der Waals surface area contributed by atoms with Gasteiger partial charge in [0.1, 0.15) is 0 Å². The third kappa shape index (κ3) is 4.67. The summed E-state index contributed by atoms with van der Waals surface area (Å²) in [5.41, 5.74) is 13.3. The highest BCUT2D eigenvalue weighted by atomic mass is 14.9. The molecule has 0 aliphatic heterocycles. The Bertz CT molecular complexity index is 1840. The molecule has 0 N–H and O–H groups in total. The monoisotopic (exact) mass is 554 g/mol. The molecule has 0 radical (unpaired) electrons. The Labute approximate surface area is 252 Å². The summed E-state index contributed by atoms with van der Waals surface area (Å²) in [7, 11) is 0. The van der Waals surface area contributed by atoms with E-state index in [2.05, 4.69) is 83.3 Å². The Hall–Kier alpha value is -5.48. The van der Waals surface area contributed by atoms with E-state index in [1.54, 1.807) is 0 Å². The van der Waals surface area contributed by atoms with Gasteiger partial charge in [-0.15, -0.1) is 0 Å². The first-order chi connectivity index (χ1) is 20.9. The molecule has 0 atom stereocenters. The zero-order valence-corrected chi connectivity index (χ0v) is 24.3. The second-order valence-electron chi connectivity index (χ2n) is 11.4.